The highest BCUT2D eigenvalue weighted by Gasteiger charge is 2.16. The lowest BCUT2D eigenvalue weighted by molar-refractivity contribution is -0.121. The number of likely N-dealkylation sites (N-methyl/N-ethyl adjacent to an activating group) is 1. The van der Waals surface area contributed by atoms with Crippen molar-refractivity contribution in [2.75, 3.05) is 20.6 Å². The van der Waals surface area contributed by atoms with E-state index in [-0.39, 0.29) is 36.4 Å². The van der Waals surface area contributed by atoms with Gasteiger partial charge in [-0.25, -0.2) is 4.39 Å². The average molecular weight is 348 g/mol. The SMILES string of the molecule is CN(C)[C@@H](CNC(=O)CCC(=O)c1cccs1)c1cccc(F)c1. The second-order valence-electron chi connectivity index (χ2n) is 5.74. The standard InChI is InChI=1S/C18H21FN2O2S/c1-21(2)15(13-5-3-6-14(19)11-13)12-20-18(23)9-8-16(22)17-7-4-10-24-17/h3-7,10-11,15H,8-9,12H2,1-2H3,(H,20,23)/t15-/m0/s1. The number of hydrogen-bond acceptors (Lipinski definition) is 4. The molecule has 1 heterocycles. The van der Waals surface area contributed by atoms with Gasteiger partial charge in [0, 0.05) is 19.4 Å². The van der Waals surface area contributed by atoms with E-state index in [9.17, 15) is 14.0 Å². The predicted molar refractivity (Wildman–Crippen MR) is 93.7 cm³/mol. The zero-order chi connectivity index (χ0) is 17.5. The largest absolute Gasteiger partial charge is 0.354 e. The van der Waals surface area contributed by atoms with Gasteiger partial charge in [-0.05, 0) is 43.2 Å². The van der Waals surface area contributed by atoms with Gasteiger partial charge in [-0.1, -0.05) is 18.2 Å². The molecule has 1 atom stereocenters. The molecule has 2 aromatic rings. The van der Waals surface area contributed by atoms with Crippen LogP contribution in [-0.2, 0) is 4.79 Å². The summed E-state index contributed by atoms with van der Waals surface area (Å²) < 4.78 is 13.4. The zero-order valence-corrected chi connectivity index (χ0v) is 14.6. The maximum absolute atomic E-state index is 13.4. The second kappa shape index (κ2) is 8.70. The summed E-state index contributed by atoms with van der Waals surface area (Å²) in [6, 6.07) is 9.80. The molecule has 0 spiro atoms. The lowest BCUT2D eigenvalue weighted by Crippen LogP contribution is -2.34. The van der Waals surface area contributed by atoms with Crippen LogP contribution in [0.3, 0.4) is 0 Å². The van der Waals surface area contributed by atoms with Gasteiger partial charge in [0.15, 0.2) is 5.78 Å². The van der Waals surface area contributed by atoms with Crippen LogP contribution >= 0.6 is 11.3 Å². The summed E-state index contributed by atoms with van der Waals surface area (Å²) in [5.41, 5.74) is 0.801. The number of nitrogens with one attached hydrogen (secondary N) is 1. The number of rotatable bonds is 8. The second-order valence-corrected chi connectivity index (χ2v) is 6.69. The van der Waals surface area contributed by atoms with Crippen LogP contribution in [0.2, 0.25) is 0 Å². The minimum absolute atomic E-state index is 0.0190. The van der Waals surface area contributed by atoms with Gasteiger partial charge in [0.25, 0.3) is 0 Å². The molecule has 0 fully saturated rings. The number of ketones is 1. The molecule has 4 nitrogen and oxygen atoms in total. The Morgan fingerprint density at radius 1 is 1.21 bits per heavy atom. The monoisotopic (exact) mass is 348 g/mol. The van der Waals surface area contributed by atoms with Gasteiger partial charge in [0.2, 0.25) is 5.91 Å². The first kappa shape index (κ1) is 18.3. The van der Waals surface area contributed by atoms with Crippen molar-refractivity contribution >= 4 is 23.0 Å². The van der Waals surface area contributed by atoms with Crippen molar-refractivity contribution in [1.82, 2.24) is 10.2 Å². The van der Waals surface area contributed by atoms with Gasteiger partial charge in [0.05, 0.1) is 10.9 Å². The van der Waals surface area contributed by atoms with Crippen LogP contribution in [0.25, 0.3) is 0 Å². The third-order valence-corrected chi connectivity index (χ3v) is 4.64. The van der Waals surface area contributed by atoms with Crippen LogP contribution in [0.1, 0.15) is 34.1 Å². The fourth-order valence-corrected chi connectivity index (χ4v) is 3.09. The Balaban J connectivity index is 1.85. The Labute approximate surface area is 145 Å². The summed E-state index contributed by atoms with van der Waals surface area (Å²) >= 11 is 1.38. The van der Waals surface area contributed by atoms with Gasteiger partial charge in [-0.2, -0.15) is 0 Å². The summed E-state index contributed by atoms with van der Waals surface area (Å²) in [4.78, 5) is 26.5. The maximum atomic E-state index is 13.4. The van der Waals surface area contributed by atoms with Crippen LogP contribution in [0, 0.1) is 5.82 Å². The molecular weight excluding hydrogens is 327 g/mol. The smallest absolute Gasteiger partial charge is 0.220 e. The lowest BCUT2D eigenvalue weighted by Gasteiger charge is -2.25. The van der Waals surface area contributed by atoms with Crippen LogP contribution in [0.5, 0.6) is 0 Å². The number of benzene rings is 1. The van der Waals surface area contributed by atoms with Crippen molar-refractivity contribution in [1.29, 1.82) is 0 Å². The van der Waals surface area contributed by atoms with Gasteiger partial charge >= 0.3 is 0 Å². The molecule has 0 unspecified atom stereocenters. The number of hydrogen-bond donors (Lipinski definition) is 1. The van der Waals surface area contributed by atoms with Gasteiger partial charge in [-0.3, -0.25) is 9.59 Å². The summed E-state index contributed by atoms with van der Waals surface area (Å²) in [7, 11) is 3.75. The van der Waals surface area contributed by atoms with Crippen molar-refractivity contribution in [3.05, 3.63) is 58.0 Å². The number of carbonyl (C=O) groups excluding carboxylic acids is 2. The van der Waals surface area contributed by atoms with Crippen molar-refractivity contribution in [2.45, 2.75) is 18.9 Å². The number of nitrogens with zero attached hydrogens (tertiary/aromatic N) is 1. The molecule has 24 heavy (non-hydrogen) atoms. The van der Waals surface area contributed by atoms with E-state index in [0.29, 0.717) is 11.4 Å². The molecule has 0 radical (unpaired) electrons. The van der Waals surface area contributed by atoms with E-state index in [4.69, 9.17) is 0 Å². The molecular formula is C18H21FN2O2S. The molecule has 1 aromatic carbocycles. The highest BCUT2D eigenvalue weighted by Crippen LogP contribution is 2.18. The Kier molecular flexibility index (Phi) is 6.63. The number of halogens is 1. The van der Waals surface area contributed by atoms with Crippen LogP contribution in [-0.4, -0.2) is 37.2 Å². The molecule has 1 aromatic heterocycles. The molecule has 0 saturated heterocycles. The summed E-state index contributed by atoms with van der Waals surface area (Å²) in [6.45, 7) is 0.364. The topological polar surface area (TPSA) is 49.4 Å². The summed E-state index contributed by atoms with van der Waals surface area (Å²) in [6.07, 6.45) is 0.346. The van der Waals surface area contributed by atoms with Gasteiger partial charge < -0.3 is 10.2 Å². The van der Waals surface area contributed by atoms with Gasteiger partial charge in [-0.15, -0.1) is 11.3 Å². The van der Waals surface area contributed by atoms with E-state index in [0.717, 1.165) is 5.56 Å². The minimum Gasteiger partial charge on any atom is -0.354 e. The molecule has 128 valence electrons. The van der Waals surface area contributed by atoms with E-state index in [1.54, 1.807) is 12.1 Å². The molecule has 0 saturated carbocycles. The molecule has 0 aliphatic rings. The summed E-state index contributed by atoms with van der Waals surface area (Å²) in [5.74, 6) is -0.496. The van der Waals surface area contributed by atoms with Crippen molar-refractivity contribution in [3.8, 4) is 0 Å². The van der Waals surface area contributed by atoms with Crippen molar-refractivity contribution in [3.63, 3.8) is 0 Å². The van der Waals surface area contributed by atoms with Crippen molar-refractivity contribution in [2.24, 2.45) is 0 Å². The Hall–Kier alpha value is -2.05. The van der Waals surface area contributed by atoms with Crippen LogP contribution < -0.4 is 5.32 Å². The fraction of sp³-hybridized carbons (Fsp3) is 0.333. The van der Waals surface area contributed by atoms with E-state index in [2.05, 4.69) is 5.32 Å². The molecule has 6 heteroatoms. The molecule has 1 N–H and O–H groups in total. The third-order valence-electron chi connectivity index (χ3n) is 3.72. The van der Waals surface area contributed by atoms with E-state index in [1.807, 2.05) is 36.5 Å². The number of amides is 1. The Bertz CT molecular complexity index is 686. The average Bonchev–Trinajstić information content (AvgIpc) is 3.07. The maximum Gasteiger partial charge on any atom is 0.220 e. The highest BCUT2D eigenvalue weighted by atomic mass is 32.1. The molecule has 1 amide bonds. The molecule has 2 rings (SSSR count). The number of carbonyl (C=O) groups is 2. The van der Waals surface area contributed by atoms with Crippen molar-refractivity contribution < 1.29 is 14.0 Å². The Morgan fingerprint density at radius 2 is 2.00 bits per heavy atom. The molecule has 0 bridgehead atoms. The third kappa shape index (κ3) is 5.25. The molecule has 0 aliphatic heterocycles. The predicted octanol–water partition coefficient (Wildman–Crippen LogP) is 3.27. The number of thiophene rings is 1. The van der Waals surface area contributed by atoms with Gasteiger partial charge in [0.1, 0.15) is 5.82 Å². The zero-order valence-electron chi connectivity index (χ0n) is 13.8. The number of Topliss-reactive ketones (excluding diaryl/α,β-unsaturated/α-hetero) is 1. The lowest BCUT2D eigenvalue weighted by atomic mass is 10.1. The van der Waals surface area contributed by atoms with Crippen LogP contribution in [0.4, 0.5) is 4.39 Å². The van der Waals surface area contributed by atoms with E-state index in [1.165, 1.54) is 23.5 Å². The Morgan fingerprint density at radius 3 is 2.62 bits per heavy atom. The first-order chi connectivity index (χ1) is 11.5. The fourth-order valence-electron chi connectivity index (χ4n) is 2.40. The first-order valence-electron chi connectivity index (χ1n) is 7.72. The normalized spacial score (nSPS) is 12.2. The van der Waals surface area contributed by atoms with Crippen LogP contribution in [0.15, 0.2) is 41.8 Å². The quantitative estimate of drug-likeness (QED) is 0.745. The van der Waals surface area contributed by atoms with E-state index >= 15 is 0 Å². The first-order valence-corrected chi connectivity index (χ1v) is 8.60. The highest BCUT2D eigenvalue weighted by molar-refractivity contribution is 7.12. The minimum atomic E-state index is -0.299. The van der Waals surface area contributed by atoms with E-state index < -0.39 is 0 Å². The molecule has 0 aliphatic carbocycles. The summed E-state index contributed by atoms with van der Waals surface area (Å²) in [5, 5.41) is 4.67.